The highest BCUT2D eigenvalue weighted by atomic mass is 16.5. The van der Waals surface area contributed by atoms with Crippen molar-refractivity contribution in [3.63, 3.8) is 0 Å². The molecule has 2 aromatic rings. The smallest absolute Gasteiger partial charge is 0.338 e. The van der Waals surface area contributed by atoms with E-state index < -0.39 is 0 Å². The van der Waals surface area contributed by atoms with Gasteiger partial charge in [0.25, 0.3) is 0 Å². The Morgan fingerprint density at radius 3 is 2.65 bits per heavy atom. The van der Waals surface area contributed by atoms with Crippen LogP contribution in [0.15, 0.2) is 48.5 Å². The summed E-state index contributed by atoms with van der Waals surface area (Å²) in [4.78, 5) is 12.0. The SMILES string of the molecule is C#Cc1cc(C(=O)OCc2ccccc2)ccc1NC. The molecule has 100 valence electrons. The summed E-state index contributed by atoms with van der Waals surface area (Å²) in [5.41, 5.74) is 2.85. The minimum Gasteiger partial charge on any atom is -0.457 e. The van der Waals surface area contributed by atoms with Crippen LogP contribution in [0.5, 0.6) is 0 Å². The van der Waals surface area contributed by atoms with Gasteiger partial charge in [-0.15, -0.1) is 6.42 Å². The van der Waals surface area contributed by atoms with Gasteiger partial charge in [0.2, 0.25) is 0 Å². The fraction of sp³-hybridized carbons (Fsp3) is 0.118. The van der Waals surface area contributed by atoms with Crippen molar-refractivity contribution in [3.8, 4) is 12.3 Å². The second-order valence-electron chi connectivity index (χ2n) is 4.22. The maximum atomic E-state index is 12.0. The maximum Gasteiger partial charge on any atom is 0.338 e. The van der Waals surface area contributed by atoms with E-state index in [0.29, 0.717) is 11.1 Å². The first-order valence-electron chi connectivity index (χ1n) is 6.24. The van der Waals surface area contributed by atoms with Crippen LogP contribution in [0.4, 0.5) is 5.69 Å². The van der Waals surface area contributed by atoms with E-state index in [2.05, 4.69) is 11.2 Å². The first-order valence-corrected chi connectivity index (χ1v) is 6.24. The molecule has 0 saturated carbocycles. The van der Waals surface area contributed by atoms with Gasteiger partial charge in [0.05, 0.1) is 5.56 Å². The molecule has 0 aliphatic carbocycles. The summed E-state index contributed by atoms with van der Waals surface area (Å²) < 4.78 is 5.26. The van der Waals surface area contributed by atoms with E-state index >= 15 is 0 Å². The zero-order valence-corrected chi connectivity index (χ0v) is 11.2. The zero-order valence-electron chi connectivity index (χ0n) is 11.2. The number of rotatable bonds is 4. The third-order valence-electron chi connectivity index (χ3n) is 2.89. The van der Waals surface area contributed by atoms with Crippen LogP contribution in [0, 0.1) is 12.3 Å². The summed E-state index contributed by atoms with van der Waals surface area (Å²) >= 11 is 0. The van der Waals surface area contributed by atoms with Gasteiger partial charge in [-0.1, -0.05) is 36.3 Å². The Kier molecular flexibility index (Phi) is 4.41. The number of hydrogen-bond donors (Lipinski definition) is 1. The van der Waals surface area contributed by atoms with Crippen LogP contribution < -0.4 is 5.32 Å². The largest absolute Gasteiger partial charge is 0.457 e. The molecule has 3 nitrogen and oxygen atoms in total. The molecule has 0 atom stereocenters. The van der Waals surface area contributed by atoms with E-state index in [4.69, 9.17) is 11.2 Å². The van der Waals surface area contributed by atoms with Crippen LogP contribution in [-0.2, 0) is 11.3 Å². The van der Waals surface area contributed by atoms with Gasteiger partial charge in [0.15, 0.2) is 0 Å². The number of nitrogens with one attached hydrogen (secondary N) is 1. The second kappa shape index (κ2) is 6.44. The van der Waals surface area contributed by atoms with E-state index in [1.54, 1.807) is 25.2 Å². The first kappa shape index (κ1) is 13.7. The summed E-state index contributed by atoms with van der Waals surface area (Å²) in [5, 5.41) is 2.98. The number of benzene rings is 2. The van der Waals surface area contributed by atoms with Crippen molar-refractivity contribution in [2.24, 2.45) is 0 Å². The fourth-order valence-electron chi connectivity index (χ4n) is 1.82. The Morgan fingerprint density at radius 2 is 2.00 bits per heavy atom. The summed E-state index contributed by atoms with van der Waals surface area (Å²) in [6.07, 6.45) is 5.42. The Balaban J connectivity index is 2.08. The molecule has 0 aliphatic heterocycles. The van der Waals surface area contributed by atoms with Crippen LogP contribution in [0.1, 0.15) is 21.5 Å². The van der Waals surface area contributed by atoms with Gasteiger partial charge in [-0.2, -0.15) is 0 Å². The lowest BCUT2D eigenvalue weighted by molar-refractivity contribution is 0.0472. The minimum atomic E-state index is -0.381. The fourth-order valence-corrected chi connectivity index (χ4v) is 1.82. The van der Waals surface area contributed by atoms with Crippen molar-refractivity contribution < 1.29 is 9.53 Å². The minimum absolute atomic E-state index is 0.249. The average molecular weight is 265 g/mol. The summed E-state index contributed by atoms with van der Waals surface area (Å²) in [7, 11) is 1.78. The Labute approximate surface area is 118 Å². The first-order chi connectivity index (χ1) is 9.74. The predicted molar refractivity (Wildman–Crippen MR) is 79.5 cm³/mol. The Hall–Kier alpha value is -2.73. The number of carbonyl (C=O) groups is 1. The molecule has 0 radical (unpaired) electrons. The van der Waals surface area contributed by atoms with Gasteiger partial charge in [-0.25, -0.2) is 4.79 Å². The highest BCUT2D eigenvalue weighted by Crippen LogP contribution is 2.17. The number of carbonyl (C=O) groups excluding carboxylic acids is 1. The van der Waals surface area contributed by atoms with Gasteiger partial charge < -0.3 is 10.1 Å². The van der Waals surface area contributed by atoms with Crippen LogP contribution in [-0.4, -0.2) is 13.0 Å². The van der Waals surface area contributed by atoms with E-state index in [0.717, 1.165) is 11.3 Å². The monoisotopic (exact) mass is 265 g/mol. The van der Waals surface area contributed by atoms with Crippen LogP contribution in [0.2, 0.25) is 0 Å². The quantitative estimate of drug-likeness (QED) is 0.682. The van der Waals surface area contributed by atoms with Gasteiger partial charge in [0.1, 0.15) is 6.61 Å². The molecule has 0 unspecified atom stereocenters. The van der Waals surface area contributed by atoms with Crippen molar-refractivity contribution in [2.45, 2.75) is 6.61 Å². The van der Waals surface area contributed by atoms with Crippen LogP contribution in [0.25, 0.3) is 0 Å². The number of anilines is 1. The van der Waals surface area contributed by atoms with Crippen LogP contribution >= 0.6 is 0 Å². The molecule has 0 fully saturated rings. The van der Waals surface area contributed by atoms with Gasteiger partial charge >= 0.3 is 5.97 Å². The van der Waals surface area contributed by atoms with Crippen molar-refractivity contribution in [1.29, 1.82) is 0 Å². The average Bonchev–Trinajstić information content (AvgIpc) is 2.52. The summed E-state index contributed by atoms with van der Waals surface area (Å²) in [6, 6.07) is 14.7. The number of hydrogen-bond acceptors (Lipinski definition) is 3. The molecule has 0 spiro atoms. The lowest BCUT2D eigenvalue weighted by atomic mass is 10.1. The molecule has 2 aromatic carbocycles. The van der Waals surface area contributed by atoms with Gasteiger partial charge in [-0.3, -0.25) is 0 Å². The zero-order chi connectivity index (χ0) is 14.4. The second-order valence-corrected chi connectivity index (χ2v) is 4.22. The number of esters is 1. The number of terminal acetylenes is 1. The molecular formula is C17H15NO2. The summed E-state index contributed by atoms with van der Waals surface area (Å²) in [6.45, 7) is 0.249. The molecule has 20 heavy (non-hydrogen) atoms. The molecule has 0 heterocycles. The van der Waals surface area contributed by atoms with Crippen molar-refractivity contribution >= 4 is 11.7 Å². The third kappa shape index (κ3) is 3.18. The standard InChI is InChI=1S/C17H15NO2/c1-3-14-11-15(9-10-16(14)18-2)17(19)20-12-13-7-5-4-6-8-13/h1,4-11,18H,12H2,2H3. The Bertz CT molecular complexity index is 642. The van der Waals surface area contributed by atoms with Gasteiger partial charge in [-0.05, 0) is 23.8 Å². The van der Waals surface area contributed by atoms with Crippen molar-refractivity contribution in [3.05, 3.63) is 65.2 Å². The molecule has 0 saturated heterocycles. The normalized spacial score (nSPS) is 9.60. The lowest BCUT2D eigenvalue weighted by Gasteiger charge is -2.08. The number of ether oxygens (including phenoxy) is 1. The van der Waals surface area contributed by atoms with Crippen molar-refractivity contribution in [1.82, 2.24) is 0 Å². The molecule has 0 amide bonds. The molecule has 3 heteroatoms. The predicted octanol–water partition coefficient (Wildman–Crippen LogP) is 3.07. The van der Waals surface area contributed by atoms with Crippen molar-refractivity contribution in [2.75, 3.05) is 12.4 Å². The highest BCUT2D eigenvalue weighted by molar-refractivity contribution is 5.90. The highest BCUT2D eigenvalue weighted by Gasteiger charge is 2.09. The molecule has 0 aliphatic rings. The van der Waals surface area contributed by atoms with E-state index in [1.807, 2.05) is 30.3 Å². The van der Waals surface area contributed by atoms with E-state index in [1.165, 1.54) is 0 Å². The molecular weight excluding hydrogens is 250 g/mol. The molecule has 0 aromatic heterocycles. The molecule has 2 rings (SSSR count). The Morgan fingerprint density at radius 1 is 1.25 bits per heavy atom. The molecule has 0 bridgehead atoms. The van der Waals surface area contributed by atoms with Gasteiger partial charge in [0, 0.05) is 18.3 Å². The topological polar surface area (TPSA) is 38.3 Å². The van der Waals surface area contributed by atoms with E-state index in [9.17, 15) is 4.79 Å². The maximum absolute atomic E-state index is 12.0. The lowest BCUT2D eigenvalue weighted by Crippen LogP contribution is -2.06. The van der Waals surface area contributed by atoms with Crippen LogP contribution in [0.3, 0.4) is 0 Å². The third-order valence-corrected chi connectivity index (χ3v) is 2.89. The van der Waals surface area contributed by atoms with E-state index in [-0.39, 0.29) is 12.6 Å². The summed E-state index contributed by atoms with van der Waals surface area (Å²) in [5.74, 6) is 2.16. The molecule has 1 N–H and O–H groups in total.